The van der Waals surface area contributed by atoms with Crippen LogP contribution in [-0.4, -0.2) is 22.5 Å². The van der Waals surface area contributed by atoms with Crippen molar-refractivity contribution in [2.45, 2.75) is 18.6 Å². The first kappa shape index (κ1) is 11.9. The van der Waals surface area contributed by atoms with Crippen molar-refractivity contribution in [1.29, 1.82) is 0 Å². The first-order valence-corrected chi connectivity index (χ1v) is 6.46. The third-order valence-electron chi connectivity index (χ3n) is 1.98. The summed E-state index contributed by atoms with van der Waals surface area (Å²) in [4.78, 5) is 4.25. The minimum atomic E-state index is 0.245. The Balaban J connectivity index is 2.50. The topological polar surface area (TPSA) is 24.9 Å². The van der Waals surface area contributed by atoms with E-state index in [1.54, 1.807) is 6.20 Å². The predicted octanol–water partition coefficient (Wildman–Crippen LogP) is 3.40. The summed E-state index contributed by atoms with van der Waals surface area (Å²) in [6.07, 6.45) is 3.92. The second kappa shape index (κ2) is 5.03. The molecule has 0 radical (unpaired) electrons. The van der Waals surface area contributed by atoms with E-state index in [4.69, 9.17) is 0 Å². The molecule has 78 valence electrons. The molecule has 0 spiro atoms. The highest BCUT2D eigenvalue weighted by molar-refractivity contribution is 9.10. The van der Waals surface area contributed by atoms with Crippen molar-refractivity contribution < 1.29 is 0 Å². The summed E-state index contributed by atoms with van der Waals surface area (Å²) in [6.45, 7) is 5.34. The largest absolute Gasteiger partial charge is 0.369 e. The molecule has 0 aliphatic rings. The van der Waals surface area contributed by atoms with E-state index in [9.17, 15) is 0 Å². The van der Waals surface area contributed by atoms with Crippen LogP contribution in [0.1, 0.15) is 13.8 Å². The molecule has 0 amide bonds. The fourth-order valence-corrected chi connectivity index (χ4v) is 1.31. The van der Waals surface area contributed by atoms with E-state index in [2.05, 4.69) is 46.3 Å². The maximum absolute atomic E-state index is 4.25. The highest BCUT2D eigenvalue weighted by Crippen LogP contribution is 2.21. The number of hydrogen-bond donors (Lipinski definition) is 1. The van der Waals surface area contributed by atoms with E-state index in [0.29, 0.717) is 0 Å². The van der Waals surface area contributed by atoms with E-state index in [1.807, 2.05) is 23.9 Å². The first-order valence-electron chi connectivity index (χ1n) is 4.44. The standard InChI is InChI=1S/C10H15BrN2S/c1-10(2,14-3)7-13-9-5-4-8(11)6-12-9/h4-6H,7H2,1-3H3,(H,12,13). The lowest BCUT2D eigenvalue weighted by Gasteiger charge is -2.22. The van der Waals surface area contributed by atoms with Gasteiger partial charge in [0.25, 0.3) is 0 Å². The van der Waals surface area contributed by atoms with Crippen LogP contribution in [0.15, 0.2) is 22.8 Å². The van der Waals surface area contributed by atoms with Crippen LogP contribution < -0.4 is 5.32 Å². The van der Waals surface area contributed by atoms with E-state index < -0.39 is 0 Å². The molecule has 0 saturated carbocycles. The van der Waals surface area contributed by atoms with Gasteiger partial charge < -0.3 is 5.32 Å². The highest BCUT2D eigenvalue weighted by atomic mass is 79.9. The quantitative estimate of drug-likeness (QED) is 0.911. The number of nitrogens with one attached hydrogen (secondary N) is 1. The Labute approximate surface area is 98.0 Å². The fraction of sp³-hybridized carbons (Fsp3) is 0.500. The minimum Gasteiger partial charge on any atom is -0.369 e. The molecule has 1 N–H and O–H groups in total. The average molecular weight is 275 g/mol. The smallest absolute Gasteiger partial charge is 0.126 e. The predicted molar refractivity (Wildman–Crippen MR) is 68.0 cm³/mol. The van der Waals surface area contributed by atoms with Crippen molar-refractivity contribution in [2.75, 3.05) is 18.1 Å². The molecule has 1 rings (SSSR count). The van der Waals surface area contributed by atoms with Crippen LogP contribution in [0.2, 0.25) is 0 Å². The van der Waals surface area contributed by atoms with Gasteiger partial charge in [-0.05, 0) is 48.2 Å². The van der Waals surface area contributed by atoms with Gasteiger partial charge in [-0.25, -0.2) is 4.98 Å². The molecule has 2 nitrogen and oxygen atoms in total. The number of hydrogen-bond acceptors (Lipinski definition) is 3. The molecule has 4 heteroatoms. The molecule has 1 heterocycles. The Kier molecular flexibility index (Phi) is 4.26. The fourth-order valence-electron chi connectivity index (χ4n) is 0.856. The van der Waals surface area contributed by atoms with Crippen molar-refractivity contribution in [3.8, 4) is 0 Å². The number of thioether (sulfide) groups is 1. The van der Waals surface area contributed by atoms with Crippen LogP contribution in [-0.2, 0) is 0 Å². The molecule has 1 aromatic rings. The number of nitrogens with zero attached hydrogens (tertiary/aromatic N) is 1. The number of halogens is 1. The molecule has 0 aliphatic heterocycles. The van der Waals surface area contributed by atoms with Crippen LogP contribution >= 0.6 is 27.7 Å². The lowest BCUT2D eigenvalue weighted by atomic mass is 10.2. The lowest BCUT2D eigenvalue weighted by Crippen LogP contribution is -2.26. The van der Waals surface area contributed by atoms with Gasteiger partial charge in [0.15, 0.2) is 0 Å². The van der Waals surface area contributed by atoms with Crippen molar-refractivity contribution >= 4 is 33.5 Å². The van der Waals surface area contributed by atoms with E-state index in [-0.39, 0.29) is 4.75 Å². The van der Waals surface area contributed by atoms with Crippen molar-refractivity contribution in [3.63, 3.8) is 0 Å². The number of aromatic nitrogens is 1. The number of rotatable bonds is 4. The highest BCUT2D eigenvalue weighted by Gasteiger charge is 2.15. The Morgan fingerprint density at radius 1 is 1.50 bits per heavy atom. The zero-order chi connectivity index (χ0) is 10.6. The summed E-state index contributed by atoms with van der Waals surface area (Å²) in [5.41, 5.74) is 0. The molecular weight excluding hydrogens is 260 g/mol. The van der Waals surface area contributed by atoms with Gasteiger partial charge in [0, 0.05) is 22.0 Å². The van der Waals surface area contributed by atoms with Crippen molar-refractivity contribution in [2.24, 2.45) is 0 Å². The second-order valence-electron chi connectivity index (χ2n) is 3.68. The normalized spacial score (nSPS) is 11.4. The van der Waals surface area contributed by atoms with E-state index in [0.717, 1.165) is 16.8 Å². The SMILES string of the molecule is CSC(C)(C)CNc1ccc(Br)cn1. The molecule has 0 aliphatic carbocycles. The molecule has 0 saturated heterocycles. The molecule has 0 bridgehead atoms. The molecule has 0 aromatic carbocycles. The maximum atomic E-state index is 4.25. The van der Waals surface area contributed by atoms with Gasteiger partial charge in [0.05, 0.1) is 0 Å². The summed E-state index contributed by atoms with van der Waals surface area (Å²) >= 11 is 5.21. The molecule has 0 fully saturated rings. The van der Waals surface area contributed by atoms with Crippen LogP contribution in [0.25, 0.3) is 0 Å². The zero-order valence-corrected chi connectivity index (χ0v) is 11.1. The number of pyridine rings is 1. The van der Waals surface area contributed by atoms with Crippen LogP contribution in [0.5, 0.6) is 0 Å². The van der Waals surface area contributed by atoms with Crippen LogP contribution in [0, 0.1) is 0 Å². The van der Waals surface area contributed by atoms with Crippen molar-refractivity contribution in [3.05, 3.63) is 22.8 Å². The average Bonchev–Trinajstić information content (AvgIpc) is 2.17. The van der Waals surface area contributed by atoms with Gasteiger partial charge in [0.2, 0.25) is 0 Å². The Bertz CT molecular complexity index is 285. The summed E-state index contributed by atoms with van der Waals surface area (Å²) in [6, 6.07) is 3.96. The molecular formula is C10H15BrN2S. The van der Waals surface area contributed by atoms with E-state index >= 15 is 0 Å². The van der Waals surface area contributed by atoms with Gasteiger partial charge in [-0.3, -0.25) is 0 Å². The Hall–Kier alpha value is -0.220. The summed E-state index contributed by atoms with van der Waals surface area (Å²) in [7, 11) is 0. The van der Waals surface area contributed by atoms with Gasteiger partial charge >= 0.3 is 0 Å². The maximum Gasteiger partial charge on any atom is 0.126 e. The first-order chi connectivity index (χ1) is 6.53. The Morgan fingerprint density at radius 3 is 2.71 bits per heavy atom. The molecule has 14 heavy (non-hydrogen) atoms. The van der Waals surface area contributed by atoms with Gasteiger partial charge in [-0.15, -0.1) is 0 Å². The number of anilines is 1. The summed E-state index contributed by atoms with van der Waals surface area (Å²) in [5, 5.41) is 3.31. The van der Waals surface area contributed by atoms with Crippen molar-refractivity contribution in [1.82, 2.24) is 4.98 Å². The summed E-state index contributed by atoms with van der Waals surface area (Å²) < 4.78 is 1.25. The molecule has 1 aromatic heterocycles. The summed E-state index contributed by atoms with van der Waals surface area (Å²) in [5.74, 6) is 0.926. The monoisotopic (exact) mass is 274 g/mol. The van der Waals surface area contributed by atoms with Crippen LogP contribution in [0.4, 0.5) is 5.82 Å². The Morgan fingerprint density at radius 2 is 2.21 bits per heavy atom. The minimum absolute atomic E-state index is 0.245. The molecule has 0 unspecified atom stereocenters. The third kappa shape index (κ3) is 3.88. The van der Waals surface area contributed by atoms with Crippen LogP contribution in [0.3, 0.4) is 0 Å². The second-order valence-corrected chi connectivity index (χ2v) is 6.11. The zero-order valence-electron chi connectivity index (χ0n) is 8.67. The van der Waals surface area contributed by atoms with E-state index in [1.165, 1.54) is 0 Å². The molecule has 0 atom stereocenters. The third-order valence-corrected chi connectivity index (χ3v) is 3.69. The van der Waals surface area contributed by atoms with Gasteiger partial charge in [-0.2, -0.15) is 11.8 Å². The lowest BCUT2D eigenvalue weighted by molar-refractivity contribution is 0.750. The van der Waals surface area contributed by atoms with Gasteiger partial charge in [0.1, 0.15) is 5.82 Å². The van der Waals surface area contributed by atoms with Gasteiger partial charge in [-0.1, -0.05) is 0 Å².